The molecule has 0 heterocycles. The normalized spacial score (nSPS) is 12.1. The van der Waals surface area contributed by atoms with E-state index in [1.54, 1.807) is 0 Å². The molecule has 0 nitrogen and oxygen atoms in total. The Kier molecular flexibility index (Phi) is 15.0. The highest BCUT2D eigenvalue weighted by molar-refractivity contribution is 5.69. The van der Waals surface area contributed by atoms with Crippen LogP contribution in [-0.2, 0) is 0 Å². The van der Waals surface area contributed by atoms with Crippen LogP contribution in [0.1, 0.15) is 113 Å². The van der Waals surface area contributed by atoms with Crippen molar-refractivity contribution in [2.24, 2.45) is 0 Å². The Labute approximate surface area is 474 Å². The van der Waals surface area contributed by atoms with E-state index < -0.39 is 0 Å². The lowest BCUT2D eigenvalue weighted by molar-refractivity contribution is 0.971. The third-order valence-electron chi connectivity index (χ3n) is 16.2. The predicted octanol–water partition coefficient (Wildman–Crippen LogP) is 20.6. The topological polar surface area (TPSA) is 0 Å². The molecule has 12 rings (SSSR count). The molecule has 0 aliphatic rings. The summed E-state index contributed by atoms with van der Waals surface area (Å²) in [5.41, 5.74) is 27.9. The van der Waals surface area contributed by atoms with Crippen LogP contribution in [0.5, 0.6) is 0 Å². The molecular formula is C80H66. The Morgan fingerprint density at radius 3 is 0.500 bits per heavy atom. The first-order valence-electron chi connectivity index (χ1n) is 28.2. The van der Waals surface area contributed by atoms with Crippen molar-refractivity contribution in [3.8, 4) is 33.4 Å². The number of hydrogen-bond donors (Lipinski definition) is 0. The summed E-state index contributed by atoms with van der Waals surface area (Å²) < 4.78 is 0. The monoisotopic (exact) mass is 1030 g/mol. The molecule has 0 saturated heterocycles. The van der Waals surface area contributed by atoms with Crippen molar-refractivity contribution in [2.45, 2.75) is 51.4 Å². The second-order valence-corrected chi connectivity index (χ2v) is 21.9. The van der Waals surface area contributed by atoms with Crippen molar-refractivity contribution in [3.05, 3.63) is 392 Å². The van der Waals surface area contributed by atoms with E-state index in [4.69, 9.17) is 0 Å². The maximum atomic E-state index is 2.32. The molecule has 0 aliphatic carbocycles. The molecule has 0 spiro atoms. The first kappa shape index (κ1) is 51.4. The Morgan fingerprint density at radius 1 is 0.150 bits per heavy atom. The van der Waals surface area contributed by atoms with Gasteiger partial charge in [0.1, 0.15) is 0 Å². The van der Waals surface area contributed by atoms with Crippen molar-refractivity contribution >= 4 is 0 Å². The lowest BCUT2D eigenvalue weighted by Gasteiger charge is -2.21. The predicted molar refractivity (Wildman–Crippen MR) is 337 cm³/mol. The Morgan fingerprint density at radius 2 is 0.312 bits per heavy atom. The van der Waals surface area contributed by atoms with Gasteiger partial charge in [-0.2, -0.15) is 0 Å². The third-order valence-corrected chi connectivity index (χ3v) is 16.2. The molecular weight excluding hydrogens is 961 g/mol. The molecule has 2 unspecified atom stereocenters. The Bertz CT molecular complexity index is 3620. The molecule has 0 aliphatic heterocycles. The molecule has 0 amide bonds. The van der Waals surface area contributed by atoms with Crippen LogP contribution in [-0.4, -0.2) is 0 Å². The van der Waals surface area contributed by atoms with Gasteiger partial charge in [-0.3, -0.25) is 0 Å². The quantitative estimate of drug-likeness (QED) is 0.0898. The molecule has 0 bridgehead atoms. The minimum atomic E-state index is 0.0891. The zero-order chi connectivity index (χ0) is 54.4. The van der Waals surface area contributed by atoms with Gasteiger partial charge in [0.2, 0.25) is 0 Å². The van der Waals surface area contributed by atoms with Crippen LogP contribution in [0.25, 0.3) is 33.4 Å². The number of hydrogen-bond acceptors (Lipinski definition) is 0. The summed E-state index contributed by atoms with van der Waals surface area (Å²) in [6.45, 7) is 8.71. The Balaban J connectivity index is 0.774. The second-order valence-electron chi connectivity index (χ2n) is 21.9. The summed E-state index contributed by atoms with van der Waals surface area (Å²) in [5, 5.41) is 0. The largest absolute Gasteiger partial charge is 0.0622 e. The Hall–Kier alpha value is -9.36. The minimum absolute atomic E-state index is 0.0891. The molecule has 0 radical (unpaired) electrons. The fourth-order valence-corrected chi connectivity index (χ4v) is 12.2. The van der Waals surface area contributed by atoms with Gasteiger partial charge < -0.3 is 0 Å². The van der Waals surface area contributed by atoms with Gasteiger partial charge in [0.25, 0.3) is 0 Å². The molecule has 386 valence electrons. The highest BCUT2D eigenvalue weighted by Gasteiger charge is 2.22. The van der Waals surface area contributed by atoms with Crippen molar-refractivity contribution in [1.82, 2.24) is 0 Å². The van der Waals surface area contributed by atoms with Crippen LogP contribution in [0.2, 0.25) is 0 Å². The lowest BCUT2D eigenvalue weighted by Crippen LogP contribution is -2.04. The molecule has 2 atom stereocenters. The average molecular weight is 1030 g/mol. The molecule has 0 fully saturated rings. The minimum Gasteiger partial charge on any atom is -0.0622 e. The first-order valence-corrected chi connectivity index (χ1v) is 28.2. The second kappa shape index (κ2) is 23.3. The number of benzene rings is 12. The van der Waals surface area contributed by atoms with E-state index in [2.05, 4.69) is 331 Å². The van der Waals surface area contributed by atoms with Crippen LogP contribution in [0.3, 0.4) is 0 Å². The average Bonchev–Trinajstić information content (AvgIpc) is 3.50. The van der Waals surface area contributed by atoms with Crippen LogP contribution in [0, 0.1) is 27.7 Å². The highest BCUT2D eigenvalue weighted by atomic mass is 14.3. The van der Waals surface area contributed by atoms with Gasteiger partial charge in [0.15, 0.2) is 0 Å². The van der Waals surface area contributed by atoms with Gasteiger partial charge in [-0.1, -0.05) is 326 Å². The molecule has 0 heteroatoms. The van der Waals surface area contributed by atoms with Gasteiger partial charge in [0, 0.05) is 23.7 Å². The first-order chi connectivity index (χ1) is 39.3. The molecule has 0 aromatic heterocycles. The van der Waals surface area contributed by atoms with Crippen LogP contribution in [0.15, 0.2) is 303 Å². The van der Waals surface area contributed by atoms with Crippen LogP contribution in [0.4, 0.5) is 0 Å². The maximum Gasteiger partial charge on any atom is 0.0340 e. The summed E-state index contributed by atoms with van der Waals surface area (Å²) in [6.07, 6.45) is 0. The van der Waals surface area contributed by atoms with Gasteiger partial charge in [0.05, 0.1) is 0 Å². The van der Waals surface area contributed by atoms with Gasteiger partial charge in [-0.15, -0.1) is 0 Å². The van der Waals surface area contributed by atoms with Gasteiger partial charge in [-0.05, 0) is 128 Å². The summed E-state index contributed by atoms with van der Waals surface area (Å²) in [7, 11) is 0. The number of rotatable bonds is 15. The summed E-state index contributed by atoms with van der Waals surface area (Å²) in [6, 6.07) is 113. The zero-order valence-electron chi connectivity index (χ0n) is 46.2. The zero-order valence-corrected chi connectivity index (χ0v) is 46.2. The van der Waals surface area contributed by atoms with E-state index in [1.807, 2.05) is 0 Å². The molecule has 80 heavy (non-hydrogen) atoms. The number of aryl methyl sites for hydroxylation is 4. The van der Waals surface area contributed by atoms with E-state index in [0.29, 0.717) is 0 Å². The smallest absolute Gasteiger partial charge is 0.0340 e. The standard InChI is InChI=1S/C80H66/c1-55-15-11-23-73(51-55)79(74-24-12-16-56(2)52-74)71-47-35-63(36-48-71)61-31-43-69(44-32-61)77(65-19-7-5-8-20-65)67-39-27-59(28-40-67)60-29-41-68(42-30-60)78(66-21-9-6-10-22-66)70-45-33-62(34-46-70)64-37-49-72(50-38-64)80(75-25-13-17-57(3)53-75)76-26-14-18-58(4)54-76/h5-54,77-80H,1-4H3. The third kappa shape index (κ3) is 11.3. The highest BCUT2D eigenvalue weighted by Crippen LogP contribution is 2.40. The maximum absolute atomic E-state index is 2.32. The SMILES string of the molecule is Cc1cccc(C(c2ccc(-c3ccc(C(c4ccccc4)c4ccc(-c5ccc(C(c6ccccc6)c6ccc(-c7ccc(C(c8cccc(C)c8)c8cccc(C)c8)cc7)cc6)cc5)cc4)cc3)cc2)c2cccc(C)c2)c1. The van der Waals surface area contributed by atoms with Gasteiger partial charge in [-0.25, -0.2) is 0 Å². The summed E-state index contributed by atoms with van der Waals surface area (Å²) in [4.78, 5) is 0. The van der Waals surface area contributed by atoms with Crippen molar-refractivity contribution in [3.63, 3.8) is 0 Å². The van der Waals surface area contributed by atoms with E-state index in [0.717, 1.165) is 0 Å². The molecule has 0 saturated carbocycles. The molecule has 0 N–H and O–H groups in total. The van der Waals surface area contributed by atoms with Crippen molar-refractivity contribution < 1.29 is 0 Å². The lowest BCUT2D eigenvalue weighted by atomic mass is 9.82. The van der Waals surface area contributed by atoms with Crippen LogP contribution < -0.4 is 0 Å². The fourth-order valence-electron chi connectivity index (χ4n) is 12.2. The molecule has 12 aromatic carbocycles. The van der Waals surface area contributed by atoms with E-state index in [-0.39, 0.29) is 23.7 Å². The fraction of sp³-hybridized carbons (Fsp3) is 0.100. The van der Waals surface area contributed by atoms with Crippen molar-refractivity contribution in [1.29, 1.82) is 0 Å². The summed E-state index contributed by atoms with van der Waals surface area (Å²) >= 11 is 0. The van der Waals surface area contributed by atoms with E-state index in [1.165, 1.54) is 122 Å². The van der Waals surface area contributed by atoms with E-state index >= 15 is 0 Å². The molecule has 12 aromatic rings. The van der Waals surface area contributed by atoms with Gasteiger partial charge >= 0.3 is 0 Å². The van der Waals surface area contributed by atoms with E-state index in [9.17, 15) is 0 Å². The summed E-state index contributed by atoms with van der Waals surface area (Å²) in [5.74, 6) is 0.505. The van der Waals surface area contributed by atoms with Crippen molar-refractivity contribution in [2.75, 3.05) is 0 Å². The van der Waals surface area contributed by atoms with Crippen LogP contribution >= 0.6 is 0 Å².